The maximum atomic E-state index is 10.9. The van der Waals surface area contributed by atoms with Crippen molar-refractivity contribution in [3.63, 3.8) is 0 Å². The van der Waals surface area contributed by atoms with Crippen molar-refractivity contribution >= 4 is 11.3 Å². The molecule has 18 heavy (non-hydrogen) atoms. The van der Waals surface area contributed by atoms with E-state index in [4.69, 9.17) is 4.74 Å². The highest BCUT2D eigenvalue weighted by Gasteiger charge is 1.97. The Hall–Kier alpha value is -1.43. The first-order valence-corrected chi connectivity index (χ1v) is 6.60. The molecule has 0 fully saturated rings. The van der Waals surface area contributed by atoms with Gasteiger partial charge in [-0.25, -0.2) is 0 Å². The number of aromatic amines is 1. The summed E-state index contributed by atoms with van der Waals surface area (Å²) >= 11 is 1.19. The van der Waals surface area contributed by atoms with Gasteiger partial charge in [-0.3, -0.25) is 4.79 Å². The van der Waals surface area contributed by atoms with Crippen LogP contribution < -0.4 is 10.2 Å². The van der Waals surface area contributed by atoms with Crippen molar-refractivity contribution in [2.75, 3.05) is 7.11 Å². The number of hydrogen-bond donors (Lipinski definition) is 2. The third-order valence-corrected chi connectivity index (χ3v) is 3.27. The monoisotopic (exact) mass is 264 g/mol. The van der Waals surface area contributed by atoms with Crippen LogP contribution in [0.3, 0.4) is 0 Å². The van der Waals surface area contributed by atoms with Crippen LogP contribution in [0.15, 0.2) is 34.4 Å². The van der Waals surface area contributed by atoms with Gasteiger partial charge in [0.2, 0.25) is 0 Å². The minimum atomic E-state index is -0.00396. The normalized spacial score (nSPS) is 10.7. The molecule has 0 atom stereocenters. The lowest BCUT2D eigenvalue weighted by molar-refractivity contribution is 0.185. The Labute approximate surface area is 110 Å². The molecule has 2 aromatic rings. The maximum absolute atomic E-state index is 10.9. The van der Waals surface area contributed by atoms with Crippen molar-refractivity contribution in [2.24, 2.45) is 0 Å². The fourth-order valence-electron chi connectivity index (χ4n) is 1.66. The lowest BCUT2D eigenvalue weighted by Crippen LogP contribution is -2.13. The molecular formula is C13H16N2O2S. The summed E-state index contributed by atoms with van der Waals surface area (Å²) in [6.07, 6.45) is 0. The van der Waals surface area contributed by atoms with Gasteiger partial charge in [0.05, 0.1) is 6.61 Å². The quantitative estimate of drug-likeness (QED) is 0.837. The van der Waals surface area contributed by atoms with Crippen LogP contribution in [0.2, 0.25) is 0 Å². The Morgan fingerprint density at radius 1 is 1.22 bits per heavy atom. The average molecular weight is 264 g/mol. The van der Waals surface area contributed by atoms with Crippen molar-refractivity contribution in [3.8, 4) is 0 Å². The highest BCUT2D eigenvalue weighted by Crippen LogP contribution is 2.05. The smallest absolute Gasteiger partial charge is 0.304 e. The van der Waals surface area contributed by atoms with Crippen LogP contribution in [0.25, 0.3) is 0 Å². The van der Waals surface area contributed by atoms with E-state index in [1.807, 2.05) is 5.38 Å². The first kappa shape index (κ1) is 13.0. The molecule has 0 saturated carbocycles. The Morgan fingerprint density at radius 3 is 2.56 bits per heavy atom. The molecule has 0 saturated heterocycles. The standard InChI is InChI=1S/C13H16N2O2S/c1-17-8-11-4-2-10(3-5-11)6-14-7-12-9-18-13(16)15-12/h2-5,9,14H,6-8H2,1H3,(H,15,16). The predicted octanol–water partition coefficient (Wildman–Crippen LogP) is 1.87. The summed E-state index contributed by atoms with van der Waals surface area (Å²) in [5.74, 6) is 0. The summed E-state index contributed by atoms with van der Waals surface area (Å²) in [6.45, 7) is 2.10. The number of hydrogen-bond acceptors (Lipinski definition) is 4. The zero-order chi connectivity index (χ0) is 12.8. The molecule has 2 N–H and O–H groups in total. The number of ether oxygens (including phenoxy) is 1. The van der Waals surface area contributed by atoms with E-state index in [1.165, 1.54) is 22.5 Å². The van der Waals surface area contributed by atoms with Gasteiger partial charge in [-0.1, -0.05) is 35.6 Å². The fraction of sp³-hybridized carbons (Fsp3) is 0.308. The molecule has 0 bridgehead atoms. The number of methoxy groups -OCH3 is 1. The van der Waals surface area contributed by atoms with Crippen LogP contribution in [-0.2, 0) is 24.4 Å². The van der Waals surface area contributed by atoms with E-state index in [1.54, 1.807) is 7.11 Å². The number of rotatable bonds is 6. The van der Waals surface area contributed by atoms with E-state index in [0.717, 1.165) is 12.2 Å². The number of aromatic nitrogens is 1. The minimum Gasteiger partial charge on any atom is -0.380 e. The second-order valence-corrected chi connectivity index (χ2v) is 4.87. The third kappa shape index (κ3) is 3.80. The third-order valence-electron chi connectivity index (χ3n) is 2.55. The van der Waals surface area contributed by atoms with Crippen LogP contribution in [-0.4, -0.2) is 12.1 Å². The van der Waals surface area contributed by atoms with E-state index in [0.29, 0.717) is 13.2 Å². The average Bonchev–Trinajstić information content (AvgIpc) is 2.78. The van der Waals surface area contributed by atoms with Crippen molar-refractivity contribution in [2.45, 2.75) is 19.7 Å². The number of H-pyrrole nitrogens is 1. The molecule has 0 unspecified atom stereocenters. The molecule has 0 aliphatic rings. The summed E-state index contributed by atoms with van der Waals surface area (Å²) in [7, 11) is 1.69. The molecule has 0 radical (unpaired) electrons. The Kier molecular flexibility index (Phi) is 4.69. The van der Waals surface area contributed by atoms with E-state index in [9.17, 15) is 4.79 Å². The summed E-state index contributed by atoms with van der Waals surface area (Å²) < 4.78 is 5.06. The van der Waals surface area contributed by atoms with E-state index in [-0.39, 0.29) is 4.87 Å². The Morgan fingerprint density at radius 2 is 1.94 bits per heavy atom. The zero-order valence-corrected chi connectivity index (χ0v) is 11.0. The Bertz CT molecular complexity index is 530. The van der Waals surface area contributed by atoms with Gasteiger partial charge in [0.1, 0.15) is 0 Å². The first-order chi connectivity index (χ1) is 8.78. The van der Waals surface area contributed by atoms with E-state index in [2.05, 4.69) is 34.6 Å². The van der Waals surface area contributed by atoms with Crippen molar-refractivity contribution < 1.29 is 4.74 Å². The van der Waals surface area contributed by atoms with Gasteiger partial charge in [0, 0.05) is 31.3 Å². The zero-order valence-electron chi connectivity index (χ0n) is 10.2. The fourth-order valence-corrected chi connectivity index (χ4v) is 2.24. The summed E-state index contributed by atoms with van der Waals surface area (Å²) in [4.78, 5) is 13.7. The highest BCUT2D eigenvalue weighted by molar-refractivity contribution is 7.07. The number of thiazole rings is 1. The molecule has 0 aliphatic heterocycles. The van der Waals surface area contributed by atoms with Gasteiger partial charge in [0.15, 0.2) is 0 Å². The summed E-state index contributed by atoms with van der Waals surface area (Å²) in [5.41, 5.74) is 3.32. The molecule has 0 spiro atoms. The topological polar surface area (TPSA) is 54.1 Å². The maximum Gasteiger partial charge on any atom is 0.304 e. The molecule has 0 aliphatic carbocycles. The van der Waals surface area contributed by atoms with Gasteiger partial charge in [-0.05, 0) is 11.1 Å². The molecule has 96 valence electrons. The van der Waals surface area contributed by atoms with Crippen molar-refractivity contribution in [1.82, 2.24) is 10.3 Å². The Balaban J connectivity index is 1.81. The van der Waals surface area contributed by atoms with Crippen LogP contribution in [0.1, 0.15) is 16.8 Å². The van der Waals surface area contributed by atoms with Crippen LogP contribution >= 0.6 is 11.3 Å². The second kappa shape index (κ2) is 6.49. The first-order valence-electron chi connectivity index (χ1n) is 5.72. The molecule has 5 heteroatoms. The van der Waals surface area contributed by atoms with Gasteiger partial charge >= 0.3 is 4.87 Å². The minimum absolute atomic E-state index is 0.00396. The largest absolute Gasteiger partial charge is 0.380 e. The number of nitrogens with one attached hydrogen (secondary N) is 2. The van der Waals surface area contributed by atoms with E-state index >= 15 is 0 Å². The second-order valence-electron chi connectivity index (χ2n) is 4.03. The van der Waals surface area contributed by atoms with Gasteiger partial charge in [0.25, 0.3) is 0 Å². The molecule has 0 amide bonds. The number of benzene rings is 1. The van der Waals surface area contributed by atoms with Crippen molar-refractivity contribution in [3.05, 3.63) is 56.1 Å². The van der Waals surface area contributed by atoms with Crippen LogP contribution in [0, 0.1) is 0 Å². The lowest BCUT2D eigenvalue weighted by Gasteiger charge is -2.05. The van der Waals surface area contributed by atoms with Gasteiger partial charge in [-0.15, -0.1) is 0 Å². The summed E-state index contributed by atoms with van der Waals surface area (Å²) in [5, 5.41) is 5.13. The summed E-state index contributed by atoms with van der Waals surface area (Å²) in [6, 6.07) is 8.29. The molecular weight excluding hydrogens is 248 g/mol. The predicted molar refractivity (Wildman–Crippen MR) is 72.6 cm³/mol. The molecule has 1 aromatic heterocycles. The van der Waals surface area contributed by atoms with Crippen LogP contribution in [0.5, 0.6) is 0 Å². The molecule has 2 rings (SSSR count). The molecule has 1 heterocycles. The highest BCUT2D eigenvalue weighted by atomic mass is 32.1. The van der Waals surface area contributed by atoms with Crippen LogP contribution in [0.4, 0.5) is 0 Å². The SMILES string of the molecule is COCc1ccc(CNCc2csc(=O)[nH]2)cc1. The van der Waals surface area contributed by atoms with Gasteiger partial charge in [-0.2, -0.15) is 0 Å². The van der Waals surface area contributed by atoms with Gasteiger partial charge < -0.3 is 15.0 Å². The molecule has 4 nitrogen and oxygen atoms in total. The molecule has 1 aromatic carbocycles. The lowest BCUT2D eigenvalue weighted by atomic mass is 10.1. The van der Waals surface area contributed by atoms with Crippen molar-refractivity contribution in [1.29, 1.82) is 0 Å². The van der Waals surface area contributed by atoms with E-state index < -0.39 is 0 Å².